The SMILES string of the molecule is CC12NC(=O)[C@H](C[C@]13c1ccccc1N1C(=O)CN[C@@H]13)n1c2nc2ccccc2c1=O. The van der Waals surface area contributed by atoms with Crippen molar-refractivity contribution in [1.82, 2.24) is 20.2 Å². The van der Waals surface area contributed by atoms with E-state index in [1.54, 1.807) is 10.6 Å². The van der Waals surface area contributed by atoms with Crippen LogP contribution in [0.15, 0.2) is 53.3 Å². The van der Waals surface area contributed by atoms with Crippen LogP contribution in [0.2, 0.25) is 0 Å². The van der Waals surface area contributed by atoms with Crippen molar-refractivity contribution in [2.24, 2.45) is 0 Å². The van der Waals surface area contributed by atoms with E-state index >= 15 is 0 Å². The van der Waals surface area contributed by atoms with Crippen LogP contribution in [-0.4, -0.2) is 34.1 Å². The molecule has 2 saturated heterocycles. The van der Waals surface area contributed by atoms with E-state index in [0.717, 1.165) is 11.3 Å². The third-order valence-electron chi connectivity index (χ3n) is 7.73. The van der Waals surface area contributed by atoms with Crippen molar-refractivity contribution in [3.63, 3.8) is 0 Å². The largest absolute Gasteiger partial charge is 0.341 e. The number of fused-ring (bicyclic) bond motifs is 5. The van der Waals surface area contributed by atoms with E-state index in [2.05, 4.69) is 10.6 Å². The molecule has 1 aromatic heterocycles. The molecule has 2 bridgehead atoms. The lowest BCUT2D eigenvalue weighted by Crippen LogP contribution is -2.75. The summed E-state index contributed by atoms with van der Waals surface area (Å²) in [7, 11) is 0. The van der Waals surface area contributed by atoms with Gasteiger partial charge in [-0.3, -0.25) is 29.2 Å². The number of rotatable bonds is 0. The molecule has 8 rings (SSSR count). The molecule has 2 amide bonds. The number of nitrogens with zero attached hydrogens (tertiary/aromatic N) is 3. The minimum atomic E-state index is -0.977. The molecule has 4 atom stereocenters. The molecular weight excluding hydrogens is 394 g/mol. The van der Waals surface area contributed by atoms with Gasteiger partial charge in [0, 0.05) is 5.69 Å². The maximum atomic E-state index is 13.4. The predicted molar refractivity (Wildman–Crippen MR) is 113 cm³/mol. The molecule has 1 unspecified atom stereocenters. The van der Waals surface area contributed by atoms with Crippen molar-refractivity contribution in [2.45, 2.75) is 36.5 Å². The first-order valence-corrected chi connectivity index (χ1v) is 10.5. The summed E-state index contributed by atoms with van der Waals surface area (Å²) in [6.45, 7) is 2.19. The highest BCUT2D eigenvalue weighted by molar-refractivity contribution is 6.01. The highest BCUT2D eigenvalue weighted by Gasteiger charge is 2.71. The summed E-state index contributed by atoms with van der Waals surface area (Å²) in [6.07, 6.45) is 0.100. The highest BCUT2D eigenvalue weighted by Crippen LogP contribution is 2.62. The lowest BCUT2D eigenvalue weighted by molar-refractivity contribution is -0.137. The zero-order valence-electron chi connectivity index (χ0n) is 16.8. The van der Waals surface area contributed by atoms with E-state index in [-0.39, 0.29) is 30.1 Å². The molecule has 2 aromatic carbocycles. The van der Waals surface area contributed by atoms with Crippen LogP contribution in [0.4, 0.5) is 5.69 Å². The number of benzene rings is 2. The van der Waals surface area contributed by atoms with Crippen molar-refractivity contribution in [3.8, 4) is 0 Å². The van der Waals surface area contributed by atoms with Crippen LogP contribution in [0.25, 0.3) is 10.9 Å². The summed E-state index contributed by atoms with van der Waals surface area (Å²) in [5, 5.41) is 7.10. The Labute approximate surface area is 176 Å². The third-order valence-corrected chi connectivity index (χ3v) is 7.73. The van der Waals surface area contributed by atoms with Gasteiger partial charge in [-0.25, -0.2) is 4.98 Å². The van der Waals surface area contributed by atoms with Gasteiger partial charge in [-0.2, -0.15) is 0 Å². The fourth-order valence-electron chi connectivity index (χ4n) is 6.44. The number of hydrogen-bond acceptors (Lipinski definition) is 5. The molecule has 154 valence electrons. The van der Waals surface area contributed by atoms with Crippen LogP contribution in [0, 0.1) is 0 Å². The van der Waals surface area contributed by atoms with Crippen LogP contribution >= 0.6 is 0 Å². The maximum absolute atomic E-state index is 13.4. The highest BCUT2D eigenvalue weighted by atomic mass is 16.2. The first-order valence-electron chi connectivity index (χ1n) is 10.5. The Hall–Kier alpha value is -3.52. The molecule has 5 aliphatic heterocycles. The Kier molecular flexibility index (Phi) is 2.89. The smallest absolute Gasteiger partial charge is 0.262 e. The third kappa shape index (κ3) is 1.70. The van der Waals surface area contributed by atoms with Gasteiger partial charge < -0.3 is 5.32 Å². The second-order valence-corrected chi connectivity index (χ2v) is 9.00. The van der Waals surface area contributed by atoms with Crippen LogP contribution < -0.4 is 21.1 Å². The fourth-order valence-corrected chi connectivity index (χ4v) is 6.44. The van der Waals surface area contributed by atoms with E-state index < -0.39 is 17.0 Å². The second-order valence-electron chi connectivity index (χ2n) is 9.00. The average molecular weight is 413 g/mol. The van der Waals surface area contributed by atoms with Crippen LogP contribution in [0.3, 0.4) is 0 Å². The number of hydrogen-bond donors (Lipinski definition) is 2. The standard InChI is InChI=1S/C23H19N5O3/c1-22-20-25-14-8-4-2-6-12(14)19(31)28(20)16(18(30)26-22)10-23(22)13-7-3-5-9-15(13)27-17(29)11-24-21(23)27/h2-9,16,21,24H,10-11H2,1H3,(H,26,30)/t16-,21-,22?,23+/m0/s1. The van der Waals surface area contributed by atoms with Crippen molar-refractivity contribution < 1.29 is 9.59 Å². The number of anilines is 1. The Bertz CT molecular complexity index is 1410. The molecule has 0 radical (unpaired) electrons. The quantitative estimate of drug-likeness (QED) is 0.571. The topological polar surface area (TPSA) is 96.3 Å². The molecular formula is C23H19N5O3. The van der Waals surface area contributed by atoms with Gasteiger partial charge in [0.2, 0.25) is 11.8 Å². The lowest BCUT2D eigenvalue weighted by atomic mass is 9.57. The van der Waals surface area contributed by atoms with Gasteiger partial charge in [-0.15, -0.1) is 0 Å². The van der Waals surface area contributed by atoms with E-state index in [1.807, 2.05) is 54.3 Å². The van der Waals surface area contributed by atoms with Gasteiger partial charge in [0.1, 0.15) is 23.6 Å². The Morgan fingerprint density at radius 3 is 2.71 bits per heavy atom. The molecule has 2 N–H and O–H groups in total. The molecule has 0 saturated carbocycles. The van der Waals surface area contributed by atoms with Gasteiger partial charge in [-0.1, -0.05) is 30.3 Å². The van der Waals surface area contributed by atoms with E-state index in [9.17, 15) is 14.4 Å². The molecule has 8 nitrogen and oxygen atoms in total. The van der Waals surface area contributed by atoms with Gasteiger partial charge in [-0.05, 0) is 37.1 Å². The van der Waals surface area contributed by atoms with Crippen LogP contribution in [0.1, 0.15) is 30.8 Å². The summed E-state index contributed by atoms with van der Waals surface area (Å²) in [6, 6.07) is 14.4. The molecule has 5 aliphatic rings. The number of para-hydroxylation sites is 2. The number of nitrogens with one attached hydrogen (secondary N) is 2. The molecule has 1 spiro atoms. The van der Waals surface area contributed by atoms with Gasteiger partial charge in [0.15, 0.2) is 0 Å². The van der Waals surface area contributed by atoms with Crippen molar-refractivity contribution >= 4 is 28.4 Å². The number of piperidine rings is 1. The van der Waals surface area contributed by atoms with Crippen molar-refractivity contribution in [3.05, 3.63) is 70.3 Å². The lowest BCUT2D eigenvalue weighted by Gasteiger charge is -2.58. The van der Waals surface area contributed by atoms with E-state index in [4.69, 9.17) is 4.98 Å². The Morgan fingerprint density at radius 2 is 1.84 bits per heavy atom. The number of carbonyl (C=O) groups excluding carboxylic acids is 2. The summed E-state index contributed by atoms with van der Waals surface area (Å²) in [4.78, 5) is 46.1. The van der Waals surface area contributed by atoms with Crippen molar-refractivity contribution in [2.75, 3.05) is 11.4 Å². The van der Waals surface area contributed by atoms with Gasteiger partial charge in [0.25, 0.3) is 5.56 Å². The summed E-state index contributed by atoms with van der Waals surface area (Å²) < 4.78 is 1.58. The van der Waals surface area contributed by atoms with E-state index in [0.29, 0.717) is 23.1 Å². The monoisotopic (exact) mass is 413 g/mol. The average Bonchev–Trinajstić information content (AvgIpc) is 3.28. The first-order chi connectivity index (χ1) is 15.0. The zero-order chi connectivity index (χ0) is 21.1. The van der Waals surface area contributed by atoms with Crippen molar-refractivity contribution in [1.29, 1.82) is 0 Å². The molecule has 0 aliphatic carbocycles. The molecule has 2 fully saturated rings. The van der Waals surface area contributed by atoms with Crippen LogP contribution in [0.5, 0.6) is 0 Å². The molecule has 8 heteroatoms. The maximum Gasteiger partial charge on any atom is 0.262 e. The number of carbonyl (C=O) groups is 2. The summed E-state index contributed by atoms with van der Waals surface area (Å²) >= 11 is 0. The Morgan fingerprint density at radius 1 is 1.06 bits per heavy atom. The minimum absolute atomic E-state index is 0.00885. The minimum Gasteiger partial charge on any atom is -0.341 e. The molecule has 3 aromatic rings. The Balaban J connectivity index is 1.60. The van der Waals surface area contributed by atoms with Gasteiger partial charge in [0.05, 0.1) is 22.9 Å². The number of aromatic nitrogens is 2. The summed E-state index contributed by atoms with van der Waals surface area (Å²) in [5.41, 5.74) is 0.656. The fraction of sp³-hybridized carbons (Fsp3) is 0.304. The molecule has 31 heavy (non-hydrogen) atoms. The molecule has 6 heterocycles. The van der Waals surface area contributed by atoms with Crippen LogP contribution in [-0.2, 0) is 20.5 Å². The summed E-state index contributed by atoms with van der Waals surface area (Å²) in [5.74, 6) is 0.375. The predicted octanol–water partition coefficient (Wildman–Crippen LogP) is 0.900. The first kappa shape index (κ1) is 17.2. The zero-order valence-corrected chi connectivity index (χ0v) is 16.8. The normalized spacial score (nSPS) is 32.4. The van der Waals surface area contributed by atoms with E-state index in [1.165, 1.54) is 0 Å². The second kappa shape index (κ2) is 5.20. The van der Waals surface area contributed by atoms with Gasteiger partial charge >= 0.3 is 0 Å². The number of amides is 2.